The summed E-state index contributed by atoms with van der Waals surface area (Å²) in [5, 5.41) is 3.31. The van der Waals surface area contributed by atoms with E-state index in [1.807, 2.05) is 18.2 Å². The highest BCUT2D eigenvalue weighted by molar-refractivity contribution is 9.10. The molecule has 0 bridgehead atoms. The molecule has 0 heterocycles. The van der Waals surface area contributed by atoms with Gasteiger partial charge in [-0.3, -0.25) is 0 Å². The van der Waals surface area contributed by atoms with Crippen LogP contribution in [0.1, 0.15) is 24.9 Å². The van der Waals surface area contributed by atoms with Gasteiger partial charge in [-0.15, -0.1) is 0 Å². The van der Waals surface area contributed by atoms with Crippen LogP contribution >= 0.6 is 15.9 Å². The second-order valence-electron chi connectivity index (χ2n) is 4.11. The van der Waals surface area contributed by atoms with E-state index in [0.29, 0.717) is 13.0 Å². The van der Waals surface area contributed by atoms with Crippen LogP contribution in [0.5, 0.6) is 0 Å². The Balaban J connectivity index is 2.36. The average Bonchev–Trinajstić information content (AvgIpc) is 2.34. The molecule has 1 aromatic rings. The van der Waals surface area contributed by atoms with Crippen molar-refractivity contribution in [1.82, 2.24) is 10.0 Å². The summed E-state index contributed by atoms with van der Waals surface area (Å²) in [5.41, 5.74) is 1.18. The van der Waals surface area contributed by atoms with Crippen LogP contribution in [-0.4, -0.2) is 27.8 Å². The number of hydrogen-bond donors (Lipinski definition) is 2. The zero-order chi connectivity index (χ0) is 13.6. The van der Waals surface area contributed by atoms with E-state index in [0.717, 1.165) is 4.47 Å². The first-order chi connectivity index (χ1) is 8.44. The molecule has 6 heteroatoms. The Kier molecular flexibility index (Phi) is 6.28. The molecule has 2 N–H and O–H groups in total. The minimum atomic E-state index is -3.09. The summed E-state index contributed by atoms with van der Waals surface area (Å²) < 4.78 is 25.8. The highest BCUT2D eigenvalue weighted by Crippen LogP contribution is 2.17. The van der Waals surface area contributed by atoms with Crippen molar-refractivity contribution in [1.29, 1.82) is 0 Å². The molecule has 0 spiro atoms. The lowest BCUT2D eigenvalue weighted by Crippen LogP contribution is -2.26. The molecule has 1 rings (SSSR count). The summed E-state index contributed by atoms with van der Waals surface area (Å²) in [6.07, 6.45) is 0.599. The van der Waals surface area contributed by atoms with E-state index in [2.05, 4.69) is 39.0 Å². The third kappa shape index (κ3) is 5.48. The molecule has 0 aromatic heterocycles. The van der Waals surface area contributed by atoms with Crippen LogP contribution in [0.15, 0.2) is 28.7 Å². The van der Waals surface area contributed by atoms with Gasteiger partial charge in [0.2, 0.25) is 10.0 Å². The molecule has 1 atom stereocenters. The second-order valence-corrected chi connectivity index (χ2v) is 7.07. The van der Waals surface area contributed by atoms with E-state index in [4.69, 9.17) is 0 Å². The van der Waals surface area contributed by atoms with Crippen molar-refractivity contribution in [2.75, 3.05) is 19.3 Å². The quantitative estimate of drug-likeness (QED) is 0.750. The number of nitrogens with one attached hydrogen (secondary N) is 2. The van der Waals surface area contributed by atoms with Crippen LogP contribution in [0.2, 0.25) is 0 Å². The van der Waals surface area contributed by atoms with Crippen LogP contribution in [-0.2, 0) is 10.0 Å². The molecule has 0 amide bonds. The maximum atomic E-state index is 11.2. The number of benzene rings is 1. The third-order valence-electron chi connectivity index (χ3n) is 2.70. The highest BCUT2D eigenvalue weighted by atomic mass is 79.9. The zero-order valence-electron chi connectivity index (χ0n) is 10.6. The lowest BCUT2D eigenvalue weighted by molar-refractivity contribution is 0.557. The molecular formula is C12H19BrN2O2S. The van der Waals surface area contributed by atoms with Crippen molar-refractivity contribution in [3.63, 3.8) is 0 Å². The first kappa shape index (κ1) is 15.6. The van der Waals surface area contributed by atoms with E-state index in [-0.39, 0.29) is 11.8 Å². The molecule has 18 heavy (non-hydrogen) atoms. The fourth-order valence-electron chi connectivity index (χ4n) is 1.58. The largest absolute Gasteiger partial charge is 0.310 e. The van der Waals surface area contributed by atoms with E-state index >= 15 is 0 Å². The molecular weight excluding hydrogens is 316 g/mol. The molecule has 0 saturated carbocycles. The average molecular weight is 335 g/mol. The summed E-state index contributed by atoms with van der Waals surface area (Å²) >= 11 is 3.43. The first-order valence-corrected chi connectivity index (χ1v) is 8.29. The van der Waals surface area contributed by atoms with E-state index < -0.39 is 10.0 Å². The number of hydrogen-bond acceptors (Lipinski definition) is 3. The van der Waals surface area contributed by atoms with Gasteiger partial charge in [0.25, 0.3) is 0 Å². The van der Waals surface area contributed by atoms with Crippen molar-refractivity contribution < 1.29 is 8.42 Å². The maximum Gasteiger partial charge on any atom is 0.211 e. The number of halogens is 1. The van der Waals surface area contributed by atoms with E-state index in [1.165, 1.54) is 12.6 Å². The molecule has 0 aliphatic heterocycles. The third-order valence-corrected chi connectivity index (χ3v) is 4.64. The SMILES string of the molecule is CNS(=O)(=O)CCCN[C@H](C)c1cccc(Br)c1. The van der Waals surface area contributed by atoms with E-state index in [1.54, 1.807) is 0 Å². The van der Waals surface area contributed by atoms with Crippen molar-refractivity contribution in [3.8, 4) is 0 Å². The van der Waals surface area contributed by atoms with Crippen LogP contribution in [0.4, 0.5) is 0 Å². The Labute approximate surface area is 117 Å². The Bertz CT molecular complexity index is 477. The molecule has 4 nitrogen and oxygen atoms in total. The smallest absolute Gasteiger partial charge is 0.211 e. The Morgan fingerprint density at radius 3 is 2.72 bits per heavy atom. The normalized spacial score (nSPS) is 13.5. The van der Waals surface area contributed by atoms with Gasteiger partial charge >= 0.3 is 0 Å². The fourth-order valence-corrected chi connectivity index (χ4v) is 2.72. The summed E-state index contributed by atoms with van der Waals surface area (Å²) in [6, 6.07) is 8.29. The topological polar surface area (TPSA) is 58.2 Å². The van der Waals surface area contributed by atoms with Gasteiger partial charge in [-0.1, -0.05) is 28.1 Å². The van der Waals surface area contributed by atoms with Gasteiger partial charge in [0, 0.05) is 10.5 Å². The van der Waals surface area contributed by atoms with Gasteiger partial charge in [0.05, 0.1) is 5.75 Å². The van der Waals surface area contributed by atoms with Gasteiger partial charge < -0.3 is 5.32 Å². The number of rotatable bonds is 7. The standard InChI is InChI=1S/C12H19BrN2O2S/c1-10(11-5-3-6-12(13)9-11)15-7-4-8-18(16,17)14-2/h3,5-6,9-10,14-15H,4,7-8H2,1-2H3/t10-/m1/s1. The van der Waals surface area contributed by atoms with Gasteiger partial charge in [-0.05, 0) is 44.6 Å². The summed E-state index contributed by atoms with van der Waals surface area (Å²) in [7, 11) is -1.65. The van der Waals surface area contributed by atoms with Gasteiger partial charge in [-0.25, -0.2) is 13.1 Å². The molecule has 102 valence electrons. The molecule has 0 unspecified atom stereocenters. The predicted octanol–water partition coefficient (Wildman–Crippen LogP) is 2.04. The van der Waals surface area contributed by atoms with Gasteiger partial charge in [0.1, 0.15) is 0 Å². The Morgan fingerprint density at radius 2 is 2.11 bits per heavy atom. The van der Waals surface area contributed by atoms with Crippen molar-refractivity contribution >= 4 is 26.0 Å². The van der Waals surface area contributed by atoms with Crippen molar-refractivity contribution in [3.05, 3.63) is 34.3 Å². The minimum Gasteiger partial charge on any atom is -0.310 e. The van der Waals surface area contributed by atoms with Crippen LogP contribution < -0.4 is 10.0 Å². The van der Waals surface area contributed by atoms with Crippen molar-refractivity contribution in [2.45, 2.75) is 19.4 Å². The van der Waals surface area contributed by atoms with Crippen molar-refractivity contribution in [2.24, 2.45) is 0 Å². The van der Waals surface area contributed by atoms with Crippen LogP contribution in [0.25, 0.3) is 0 Å². The number of sulfonamides is 1. The molecule has 0 saturated heterocycles. The minimum absolute atomic E-state index is 0.154. The zero-order valence-corrected chi connectivity index (χ0v) is 13.0. The molecule has 0 aliphatic carbocycles. The monoisotopic (exact) mass is 334 g/mol. The van der Waals surface area contributed by atoms with Gasteiger partial charge in [-0.2, -0.15) is 0 Å². The molecule has 0 radical (unpaired) electrons. The molecule has 0 fully saturated rings. The van der Waals surface area contributed by atoms with Crippen LogP contribution in [0, 0.1) is 0 Å². The summed E-state index contributed by atoms with van der Waals surface area (Å²) in [6.45, 7) is 2.74. The Hall–Kier alpha value is -0.430. The predicted molar refractivity (Wildman–Crippen MR) is 78.0 cm³/mol. The summed E-state index contributed by atoms with van der Waals surface area (Å²) in [5.74, 6) is 0.154. The maximum absolute atomic E-state index is 11.2. The summed E-state index contributed by atoms with van der Waals surface area (Å²) in [4.78, 5) is 0. The van der Waals surface area contributed by atoms with Gasteiger partial charge in [0.15, 0.2) is 0 Å². The molecule has 0 aliphatic rings. The Morgan fingerprint density at radius 1 is 1.39 bits per heavy atom. The lowest BCUT2D eigenvalue weighted by Gasteiger charge is -2.14. The van der Waals surface area contributed by atoms with Crippen LogP contribution in [0.3, 0.4) is 0 Å². The molecule has 1 aromatic carbocycles. The fraction of sp³-hybridized carbons (Fsp3) is 0.500. The second kappa shape index (κ2) is 7.23. The highest BCUT2D eigenvalue weighted by Gasteiger charge is 2.08. The lowest BCUT2D eigenvalue weighted by atomic mass is 10.1. The first-order valence-electron chi connectivity index (χ1n) is 5.84. The van der Waals surface area contributed by atoms with E-state index in [9.17, 15) is 8.42 Å².